The van der Waals surface area contributed by atoms with Gasteiger partial charge in [0.15, 0.2) is 0 Å². The fourth-order valence-electron chi connectivity index (χ4n) is 2.55. The number of sulfonamides is 1. The number of thiophene rings is 1. The fourth-order valence-corrected chi connectivity index (χ4v) is 5.61. The SMILES string of the molecule is CCC(CC)N(C)S(=O)(=O)c1cc(CNC2CC2)sc1C. The minimum absolute atomic E-state index is 0.0716. The maximum atomic E-state index is 12.8. The number of nitrogens with one attached hydrogen (secondary N) is 1. The molecule has 0 aliphatic heterocycles. The van der Waals surface area contributed by atoms with E-state index in [4.69, 9.17) is 0 Å². The van der Waals surface area contributed by atoms with Gasteiger partial charge in [0, 0.05) is 35.4 Å². The van der Waals surface area contributed by atoms with Gasteiger partial charge in [-0.3, -0.25) is 0 Å². The Hall–Kier alpha value is -0.430. The van der Waals surface area contributed by atoms with Gasteiger partial charge in [0.1, 0.15) is 0 Å². The van der Waals surface area contributed by atoms with Crippen molar-refractivity contribution in [2.24, 2.45) is 0 Å². The standard InChI is InChI=1S/C15H26N2O2S2/c1-5-13(6-2)17(4)21(18,19)15-9-14(20-11(15)3)10-16-12-7-8-12/h9,12-13,16H,5-8,10H2,1-4H3. The maximum absolute atomic E-state index is 12.8. The number of nitrogens with zero attached hydrogens (tertiary/aromatic N) is 1. The zero-order valence-electron chi connectivity index (χ0n) is 13.3. The van der Waals surface area contributed by atoms with Crippen molar-refractivity contribution in [3.05, 3.63) is 15.8 Å². The third-order valence-electron chi connectivity index (χ3n) is 4.18. The van der Waals surface area contributed by atoms with Crippen LogP contribution in [-0.2, 0) is 16.6 Å². The van der Waals surface area contributed by atoms with E-state index in [9.17, 15) is 8.42 Å². The van der Waals surface area contributed by atoms with Crippen LogP contribution >= 0.6 is 11.3 Å². The third-order valence-corrected chi connectivity index (χ3v) is 7.40. The summed E-state index contributed by atoms with van der Waals surface area (Å²) < 4.78 is 27.1. The summed E-state index contributed by atoms with van der Waals surface area (Å²) in [5.74, 6) is 0. The Kier molecular flexibility index (Phi) is 5.46. The van der Waals surface area contributed by atoms with Crippen LogP contribution in [0, 0.1) is 6.92 Å². The van der Waals surface area contributed by atoms with Crippen LogP contribution in [0.4, 0.5) is 0 Å². The van der Waals surface area contributed by atoms with E-state index in [1.807, 2.05) is 26.8 Å². The zero-order valence-corrected chi connectivity index (χ0v) is 15.0. The molecule has 1 heterocycles. The van der Waals surface area contributed by atoms with Gasteiger partial charge in [0.25, 0.3) is 0 Å². The minimum atomic E-state index is -3.38. The van der Waals surface area contributed by atoms with Crippen molar-refractivity contribution in [1.29, 1.82) is 0 Å². The number of aryl methyl sites for hydroxylation is 1. The smallest absolute Gasteiger partial charge is 0.244 e. The van der Waals surface area contributed by atoms with Gasteiger partial charge in [0.2, 0.25) is 10.0 Å². The molecule has 1 aromatic rings. The van der Waals surface area contributed by atoms with Crippen LogP contribution < -0.4 is 5.32 Å². The van der Waals surface area contributed by atoms with Crippen LogP contribution in [-0.4, -0.2) is 31.9 Å². The van der Waals surface area contributed by atoms with Crippen LogP contribution in [0.2, 0.25) is 0 Å². The Morgan fingerprint density at radius 1 is 1.38 bits per heavy atom. The lowest BCUT2D eigenvalue weighted by molar-refractivity contribution is 0.349. The number of rotatable bonds is 8. The molecular weight excluding hydrogens is 304 g/mol. The molecule has 4 nitrogen and oxygen atoms in total. The molecule has 0 amide bonds. The predicted molar refractivity (Wildman–Crippen MR) is 88.2 cm³/mol. The second kappa shape index (κ2) is 6.77. The summed E-state index contributed by atoms with van der Waals surface area (Å²) in [6, 6.07) is 2.56. The highest BCUT2D eigenvalue weighted by Crippen LogP contribution is 2.30. The summed E-state index contributed by atoms with van der Waals surface area (Å²) in [6.45, 7) is 6.75. The third kappa shape index (κ3) is 3.86. The number of hydrogen-bond acceptors (Lipinski definition) is 4. The highest BCUT2D eigenvalue weighted by atomic mass is 32.2. The van der Waals surface area contributed by atoms with Gasteiger partial charge < -0.3 is 5.32 Å². The van der Waals surface area contributed by atoms with Crippen molar-refractivity contribution < 1.29 is 8.42 Å². The first-order chi connectivity index (χ1) is 9.90. The highest BCUT2D eigenvalue weighted by Gasteiger charge is 2.29. The average molecular weight is 331 g/mol. The number of hydrogen-bond donors (Lipinski definition) is 1. The summed E-state index contributed by atoms with van der Waals surface area (Å²) in [6.07, 6.45) is 4.16. The van der Waals surface area contributed by atoms with E-state index >= 15 is 0 Å². The first kappa shape index (κ1) is 16.9. The summed E-state index contributed by atoms with van der Waals surface area (Å²) in [5.41, 5.74) is 0. The van der Waals surface area contributed by atoms with Crippen molar-refractivity contribution in [2.75, 3.05) is 7.05 Å². The monoisotopic (exact) mass is 330 g/mol. The quantitative estimate of drug-likeness (QED) is 0.797. The minimum Gasteiger partial charge on any atom is -0.309 e. The molecule has 21 heavy (non-hydrogen) atoms. The fraction of sp³-hybridized carbons (Fsp3) is 0.733. The van der Waals surface area contributed by atoms with Crippen molar-refractivity contribution >= 4 is 21.4 Å². The van der Waals surface area contributed by atoms with Gasteiger partial charge in [-0.2, -0.15) is 4.31 Å². The van der Waals surface area contributed by atoms with E-state index in [1.165, 1.54) is 12.8 Å². The summed E-state index contributed by atoms with van der Waals surface area (Å²) in [4.78, 5) is 2.48. The Morgan fingerprint density at radius 3 is 2.52 bits per heavy atom. The molecule has 2 rings (SSSR count). The van der Waals surface area contributed by atoms with Crippen LogP contribution in [0.15, 0.2) is 11.0 Å². The van der Waals surface area contributed by atoms with Crippen molar-refractivity contribution in [1.82, 2.24) is 9.62 Å². The predicted octanol–water partition coefficient (Wildman–Crippen LogP) is 3.12. The molecule has 1 saturated carbocycles. The molecule has 0 aromatic carbocycles. The first-order valence-corrected chi connectivity index (χ1v) is 9.96. The molecule has 0 unspecified atom stereocenters. The molecule has 6 heteroatoms. The molecule has 1 N–H and O–H groups in total. The molecular formula is C15H26N2O2S2. The summed E-state index contributed by atoms with van der Waals surface area (Å²) in [5, 5.41) is 3.44. The van der Waals surface area contributed by atoms with E-state index in [0.29, 0.717) is 10.9 Å². The van der Waals surface area contributed by atoms with E-state index in [0.717, 1.165) is 29.1 Å². The van der Waals surface area contributed by atoms with Crippen molar-refractivity contribution in [3.8, 4) is 0 Å². The van der Waals surface area contributed by atoms with Gasteiger partial charge in [-0.25, -0.2) is 8.42 Å². The second-order valence-electron chi connectivity index (χ2n) is 5.78. The Morgan fingerprint density at radius 2 is 2.00 bits per heavy atom. The Balaban J connectivity index is 2.18. The van der Waals surface area contributed by atoms with Gasteiger partial charge in [-0.15, -0.1) is 11.3 Å². The molecule has 1 aliphatic carbocycles. The van der Waals surface area contributed by atoms with Crippen LogP contribution in [0.3, 0.4) is 0 Å². The zero-order chi connectivity index (χ0) is 15.6. The summed E-state index contributed by atoms with van der Waals surface area (Å²) >= 11 is 1.59. The normalized spacial score (nSPS) is 16.1. The highest BCUT2D eigenvalue weighted by molar-refractivity contribution is 7.89. The van der Waals surface area contributed by atoms with Crippen molar-refractivity contribution in [3.63, 3.8) is 0 Å². The van der Waals surface area contributed by atoms with E-state index in [2.05, 4.69) is 5.32 Å². The largest absolute Gasteiger partial charge is 0.309 e. The summed E-state index contributed by atoms with van der Waals surface area (Å²) in [7, 11) is -1.68. The van der Waals surface area contributed by atoms with E-state index in [1.54, 1.807) is 22.7 Å². The van der Waals surface area contributed by atoms with Gasteiger partial charge >= 0.3 is 0 Å². The van der Waals surface area contributed by atoms with Crippen LogP contribution in [0.1, 0.15) is 49.3 Å². The van der Waals surface area contributed by atoms with E-state index < -0.39 is 10.0 Å². The molecule has 0 bridgehead atoms. The lowest BCUT2D eigenvalue weighted by Gasteiger charge is -2.25. The molecule has 120 valence electrons. The van der Waals surface area contributed by atoms with Gasteiger partial charge in [-0.1, -0.05) is 13.8 Å². The van der Waals surface area contributed by atoms with Crippen LogP contribution in [0.25, 0.3) is 0 Å². The molecule has 1 aromatic heterocycles. The molecule has 0 radical (unpaired) electrons. The van der Waals surface area contributed by atoms with E-state index in [-0.39, 0.29) is 6.04 Å². The molecule has 0 saturated heterocycles. The molecule has 0 atom stereocenters. The molecule has 1 fully saturated rings. The Labute approximate surface area is 132 Å². The van der Waals surface area contributed by atoms with Crippen LogP contribution in [0.5, 0.6) is 0 Å². The lowest BCUT2D eigenvalue weighted by Crippen LogP contribution is -2.36. The Bertz CT molecular complexity index is 572. The first-order valence-electron chi connectivity index (χ1n) is 7.70. The molecule has 0 spiro atoms. The lowest BCUT2D eigenvalue weighted by atomic mass is 10.2. The van der Waals surface area contributed by atoms with Crippen molar-refractivity contribution in [2.45, 2.75) is 70.0 Å². The molecule has 1 aliphatic rings. The average Bonchev–Trinajstić information content (AvgIpc) is 3.20. The van der Waals surface area contributed by atoms with Gasteiger partial charge in [0.05, 0.1) is 4.90 Å². The second-order valence-corrected chi connectivity index (χ2v) is 9.09. The maximum Gasteiger partial charge on any atom is 0.244 e. The topological polar surface area (TPSA) is 49.4 Å². The van der Waals surface area contributed by atoms with Gasteiger partial charge in [-0.05, 0) is 38.7 Å².